The number of fused-ring (bicyclic) bond motifs is 3. The van der Waals surface area contributed by atoms with Crippen molar-refractivity contribution in [3.63, 3.8) is 0 Å². The number of hydrogen-bond acceptors (Lipinski definition) is 4. The number of furan rings is 1. The van der Waals surface area contributed by atoms with Crippen LogP contribution in [0, 0.1) is 0 Å². The van der Waals surface area contributed by atoms with E-state index in [1.807, 2.05) is 54.6 Å². The Hall–Kier alpha value is -3.61. The van der Waals surface area contributed by atoms with Crippen molar-refractivity contribution in [3.05, 3.63) is 71.5 Å². The number of nitrogens with zero attached hydrogens (tertiary/aromatic N) is 1. The summed E-state index contributed by atoms with van der Waals surface area (Å²) in [6.45, 7) is 1.47. The molecule has 7 nitrogen and oxygen atoms in total. The molecule has 1 aliphatic heterocycles. The van der Waals surface area contributed by atoms with Crippen molar-refractivity contribution in [2.45, 2.75) is 37.8 Å². The van der Waals surface area contributed by atoms with Gasteiger partial charge in [0, 0.05) is 5.39 Å². The van der Waals surface area contributed by atoms with Gasteiger partial charge in [0.05, 0.1) is 6.04 Å². The molecule has 1 aliphatic carbocycles. The van der Waals surface area contributed by atoms with Crippen molar-refractivity contribution in [1.82, 2.24) is 15.5 Å². The van der Waals surface area contributed by atoms with E-state index in [-0.39, 0.29) is 12.5 Å². The molecule has 1 fully saturated rings. The smallest absolute Gasteiger partial charge is 0.325 e. The predicted molar refractivity (Wildman–Crippen MR) is 114 cm³/mol. The number of carbonyl (C=O) groups excluding carboxylic acids is 3. The Kier molecular flexibility index (Phi) is 4.54. The summed E-state index contributed by atoms with van der Waals surface area (Å²) >= 11 is 0. The molecule has 2 unspecified atom stereocenters. The van der Waals surface area contributed by atoms with Gasteiger partial charge < -0.3 is 15.1 Å². The van der Waals surface area contributed by atoms with Crippen LogP contribution in [0.1, 0.15) is 42.7 Å². The standard InChI is InChI=1S/C24H23N3O4/c1-15(20-13-17-8-3-5-11-19(17)31-20)25-21(28)14-27-22(29)24(26-23(27)30)12-6-9-16-7-2-4-10-18(16)24/h2-5,7-8,10-11,13,15H,6,9,12,14H2,1H3,(H,25,28)(H,26,30). The van der Waals surface area contributed by atoms with E-state index in [1.54, 1.807) is 6.92 Å². The van der Waals surface area contributed by atoms with Crippen molar-refractivity contribution in [3.8, 4) is 0 Å². The van der Waals surface area contributed by atoms with Crippen molar-refractivity contribution >= 4 is 28.8 Å². The second-order valence-corrected chi connectivity index (χ2v) is 8.21. The number of imide groups is 1. The average molecular weight is 417 g/mol. The van der Waals surface area contributed by atoms with Crippen LogP contribution in [-0.2, 0) is 21.5 Å². The lowest BCUT2D eigenvalue weighted by molar-refractivity contribution is -0.135. The number of nitrogens with one attached hydrogen (secondary N) is 2. The van der Waals surface area contributed by atoms with Crippen LogP contribution in [0.4, 0.5) is 4.79 Å². The van der Waals surface area contributed by atoms with E-state index in [2.05, 4.69) is 10.6 Å². The summed E-state index contributed by atoms with van der Waals surface area (Å²) in [4.78, 5) is 39.7. The maximum Gasteiger partial charge on any atom is 0.325 e. The van der Waals surface area contributed by atoms with Crippen molar-refractivity contribution < 1.29 is 18.8 Å². The Bertz CT molecular complexity index is 1170. The number of aryl methyl sites for hydroxylation is 1. The zero-order chi connectivity index (χ0) is 21.6. The molecule has 2 N–H and O–H groups in total. The molecular weight excluding hydrogens is 394 g/mol. The number of hydrogen-bond donors (Lipinski definition) is 2. The van der Waals surface area contributed by atoms with E-state index in [4.69, 9.17) is 4.42 Å². The van der Waals surface area contributed by atoms with Gasteiger partial charge >= 0.3 is 6.03 Å². The lowest BCUT2D eigenvalue weighted by atomic mass is 9.76. The molecule has 3 aromatic rings. The molecule has 2 heterocycles. The first-order valence-electron chi connectivity index (χ1n) is 10.5. The maximum absolute atomic E-state index is 13.3. The van der Waals surface area contributed by atoms with E-state index in [1.165, 1.54) is 0 Å². The van der Waals surface area contributed by atoms with Gasteiger partial charge in [0.25, 0.3) is 5.91 Å². The minimum Gasteiger partial charge on any atom is -0.459 e. The normalized spacial score (nSPS) is 21.3. The zero-order valence-electron chi connectivity index (χ0n) is 17.2. The highest BCUT2D eigenvalue weighted by molar-refractivity contribution is 6.09. The van der Waals surface area contributed by atoms with Gasteiger partial charge in [-0.05, 0) is 49.4 Å². The minimum atomic E-state index is -1.07. The third kappa shape index (κ3) is 3.17. The molecule has 1 saturated heterocycles. The number of amides is 4. The second-order valence-electron chi connectivity index (χ2n) is 8.21. The molecule has 5 rings (SSSR count). The van der Waals surface area contributed by atoms with Crippen molar-refractivity contribution in [1.29, 1.82) is 0 Å². The maximum atomic E-state index is 13.3. The molecular formula is C24H23N3O4. The number of para-hydroxylation sites is 1. The Labute approximate surface area is 179 Å². The fourth-order valence-electron chi connectivity index (χ4n) is 4.67. The quantitative estimate of drug-likeness (QED) is 0.637. The molecule has 1 spiro atoms. The molecule has 7 heteroatoms. The largest absolute Gasteiger partial charge is 0.459 e. The van der Waals surface area contributed by atoms with E-state index >= 15 is 0 Å². The number of urea groups is 1. The molecule has 1 aromatic heterocycles. The molecule has 4 amide bonds. The molecule has 0 bridgehead atoms. The lowest BCUT2D eigenvalue weighted by Gasteiger charge is -2.33. The summed E-state index contributed by atoms with van der Waals surface area (Å²) < 4.78 is 5.80. The fraction of sp³-hybridized carbons (Fsp3) is 0.292. The van der Waals surface area contributed by atoms with Crippen LogP contribution in [0.25, 0.3) is 11.0 Å². The summed E-state index contributed by atoms with van der Waals surface area (Å²) in [5, 5.41) is 6.65. The van der Waals surface area contributed by atoms with Crippen LogP contribution < -0.4 is 10.6 Å². The third-order valence-electron chi connectivity index (χ3n) is 6.20. The SMILES string of the molecule is CC(NC(=O)CN1C(=O)NC2(CCCc3ccccc32)C1=O)c1cc2ccccc2o1. The summed E-state index contributed by atoms with van der Waals surface area (Å²) in [5.74, 6) is -0.168. The number of carbonyl (C=O) groups is 3. The highest BCUT2D eigenvalue weighted by Crippen LogP contribution is 2.39. The third-order valence-corrected chi connectivity index (χ3v) is 6.20. The van der Waals surface area contributed by atoms with E-state index in [0.29, 0.717) is 12.2 Å². The predicted octanol–water partition coefficient (Wildman–Crippen LogP) is 3.39. The summed E-state index contributed by atoms with van der Waals surface area (Å²) in [5.41, 5.74) is 1.56. The highest BCUT2D eigenvalue weighted by atomic mass is 16.3. The zero-order valence-corrected chi connectivity index (χ0v) is 17.2. The van der Waals surface area contributed by atoms with Gasteiger partial charge in [-0.1, -0.05) is 42.5 Å². The Morgan fingerprint density at radius 2 is 1.97 bits per heavy atom. The fourth-order valence-corrected chi connectivity index (χ4v) is 4.67. The summed E-state index contributed by atoms with van der Waals surface area (Å²) in [7, 11) is 0. The first-order valence-corrected chi connectivity index (χ1v) is 10.5. The van der Waals surface area contributed by atoms with Gasteiger partial charge in [-0.3, -0.25) is 14.5 Å². The molecule has 0 saturated carbocycles. The van der Waals surface area contributed by atoms with Crippen LogP contribution >= 0.6 is 0 Å². The topological polar surface area (TPSA) is 91.7 Å². The van der Waals surface area contributed by atoms with Crippen LogP contribution in [-0.4, -0.2) is 29.3 Å². The molecule has 31 heavy (non-hydrogen) atoms. The summed E-state index contributed by atoms with van der Waals surface area (Å²) in [6.07, 6.45) is 2.20. The van der Waals surface area contributed by atoms with Gasteiger partial charge in [-0.15, -0.1) is 0 Å². The molecule has 0 radical (unpaired) electrons. The Balaban J connectivity index is 1.32. The second kappa shape index (κ2) is 7.27. The Morgan fingerprint density at radius 1 is 1.19 bits per heavy atom. The average Bonchev–Trinajstić information content (AvgIpc) is 3.30. The van der Waals surface area contributed by atoms with Crippen molar-refractivity contribution in [2.75, 3.05) is 6.54 Å². The monoisotopic (exact) mass is 417 g/mol. The van der Waals surface area contributed by atoms with Gasteiger partial charge in [-0.2, -0.15) is 0 Å². The number of benzene rings is 2. The first kappa shape index (κ1) is 19.4. The summed E-state index contributed by atoms with van der Waals surface area (Å²) in [6, 6.07) is 16.2. The first-order chi connectivity index (χ1) is 15.0. The van der Waals surface area contributed by atoms with Crippen molar-refractivity contribution in [2.24, 2.45) is 0 Å². The van der Waals surface area contributed by atoms with Gasteiger partial charge in [0.2, 0.25) is 5.91 Å². The van der Waals surface area contributed by atoms with E-state index in [9.17, 15) is 14.4 Å². The van der Waals surface area contributed by atoms with Crippen LogP contribution in [0.15, 0.2) is 59.0 Å². The number of rotatable bonds is 4. The van der Waals surface area contributed by atoms with Crippen LogP contribution in [0.5, 0.6) is 0 Å². The molecule has 2 aliphatic rings. The molecule has 158 valence electrons. The van der Waals surface area contributed by atoms with Gasteiger partial charge in [0.1, 0.15) is 23.4 Å². The van der Waals surface area contributed by atoms with Crippen LogP contribution in [0.2, 0.25) is 0 Å². The van der Waals surface area contributed by atoms with Crippen LogP contribution in [0.3, 0.4) is 0 Å². The molecule has 2 atom stereocenters. The minimum absolute atomic E-state index is 0.334. The van der Waals surface area contributed by atoms with E-state index in [0.717, 1.165) is 39.8 Å². The van der Waals surface area contributed by atoms with Gasteiger partial charge in [0.15, 0.2) is 0 Å². The van der Waals surface area contributed by atoms with Gasteiger partial charge in [-0.25, -0.2) is 4.79 Å². The lowest BCUT2D eigenvalue weighted by Crippen LogP contribution is -2.47. The highest BCUT2D eigenvalue weighted by Gasteiger charge is 2.54. The Morgan fingerprint density at radius 3 is 2.81 bits per heavy atom. The molecule has 2 aromatic carbocycles. The van der Waals surface area contributed by atoms with E-state index < -0.39 is 23.5 Å².